The van der Waals surface area contributed by atoms with Crippen LogP contribution in [-0.2, 0) is 14.6 Å². The number of halogens is 2. The van der Waals surface area contributed by atoms with Gasteiger partial charge >= 0.3 is 0 Å². The zero-order chi connectivity index (χ0) is 28.8. The third-order valence-corrected chi connectivity index (χ3v) is 9.99. The highest BCUT2D eigenvalue weighted by atomic mass is 32.2. The lowest BCUT2D eigenvalue weighted by molar-refractivity contribution is -0.128. The van der Waals surface area contributed by atoms with Crippen LogP contribution in [0.25, 0.3) is 16.9 Å². The van der Waals surface area contributed by atoms with Crippen molar-refractivity contribution < 1.29 is 22.0 Å². The second kappa shape index (κ2) is 10.5. The second-order valence-corrected chi connectivity index (χ2v) is 13.5. The Morgan fingerprint density at radius 3 is 2.46 bits per heavy atom. The van der Waals surface area contributed by atoms with Crippen molar-refractivity contribution >= 4 is 21.4 Å². The average molecular weight is 581 g/mol. The molecule has 12 heteroatoms. The third kappa shape index (κ3) is 5.68. The molecule has 3 aliphatic rings. The van der Waals surface area contributed by atoms with Gasteiger partial charge in [0, 0.05) is 42.4 Å². The molecule has 9 nitrogen and oxygen atoms in total. The molecule has 3 heterocycles. The van der Waals surface area contributed by atoms with E-state index in [9.17, 15) is 27.3 Å². The molecule has 2 saturated carbocycles. The number of benzene rings is 1. The predicted molar refractivity (Wildman–Crippen MR) is 148 cm³/mol. The van der Waals surface area contributed by atoms with Gasteiger partial charge in [-0.3, -0.25) is 4.79 Å². The Hall–Kier alpha value is -3.85. The van der Waals surface area contributed by atoms with Crippen molar-refractivity contribution in [2.24, 2.45) is 5.92 Å². The Morgan fingerprint density at radius 2 is 1.83 bits per heavy atom. The molecule has 2 aliphatic carbocycles. The summed E-state index contributed by atoms with van der Waals surface area (Å²) in [5.74, 6) is -1.30. The number of carbonyl (C=O) groups excluding carboxylic acids is 1. The number of pyridine rings is 1. The molecule has 2 unspecified atom stereocenters. The molecule has 2 aromatic heterocycles. The first-order valence-corrected chi connectivity index (χ1v) is 15.6. The van der Waals surface area contributed by atoms with E-state index >= 15 is 0 Å². The first-order valence-electron chi connectivity index (χ1n) is 13.8. The van der Waals surface area contributed by atoms with Gasteiger partial charge in [-0.1, -0.05) is 12.1 Å². The minimum atomic E-state index is -3.00. The Balaban J connectivity index is 1.36. The van der Waals surface area contributed by atoms with Gasteiger partial charge in [0.25, 0.3) is 0 Å². The van der Waals surface area contributed by atoms with Crippen molar-refractivity contribution in [2.45, 2.75) is 49.7 Å². The van der Waals surface area contributed by atoms with E-state index < -0.39 is 39.2 Å². The van der Waals surface area contributed by atoms with Gasteiger partial charge in [-0.15, -0.1) is 0 Å². The van der Waals surface area contributed by atoms with Crippen LogP contribution in [0.3, 0.4) is 0 Å². The molecule has 0 spiro atoms. The number of nitriles is 1. The van der Waals surface area contributed by atoms with Crippen LogP contribution in [0.15, 0.2) is 48.8 Å². The summed E-state index contributed by atoms with van der Waals surface area (Å²) in [6.07, 6.45) is 3.65. The van der Waals surface area contributed by atoms with Crippen LogP contribution in [-0.4, -0.2) is 65.4 Å². The number of alkyl halides is 1. The molecular formula is C29H30F2N6O3S. The Morgan fingerprint density at radius 1 is 1.10 bits per heavy atom. The van der Waals surface area contributed by atoms with Crippen molar-refractivity contribution in [2.75, 3.05) is 29.5 Å². The Bertz CT molecular complexity index is 1580. The number of nitrogens with zero attached hydrogens (tertiary/aromatic N) is 5. The first-order chi connectivity index (χ1) is 19.7. The van der Waals surface area contributed by atoms with Gasteiger partial charge in [0.15, 0.2) is 15.7 Å². The molecule has 41 heavy (non-hydrogen) atoms. The molecule has 1 saturated heterocycles. The SMILES string of the molecule is N#CC1(NC(=O)[C@H]2CC(F)CCC2c2nn(-c3ccc(F)cn3)cc2-c2ccc(N3CCS(=O)(=O)CC3)cc2)CC1. The summed E-state index contributed by atoms with van der Waals surface area (Å²) >= 11 is 0. The molecule has 1 aromatic carbocycles. The van der Waals surface area contributed by atoms with Gasteiger partial charge in [-0.2, -0.15) is 10.4 Å². The monoisotopic (exact) mass is 580 g/mol. The van der Waals surface area contributed by atoms with E-state index in [0.717, 1.165) is 23.0 Å². The van der Waals surface area contributed by atoms with Gasteiger partial charge < -0.3 is 10.2 Å². The van der Waals surface area contributed by atoms with Gasteiger partial charge in [0.1, 0.15) is 17.5 Å². The second-order valence-electron chi connectivity index (χ2n) is 11.2. The fourth-order valence-corrected chi connectivity index (χ4v) is 6.98. The lowest BCUT2D eigenvalue weighted by Gasteiger charge is -2.32. The molecule has 1 N–H and O–H groups in total. The number of nitrogens with one attached hydrogen (secondary N) is 1. The highest BCUT2D eigenvalue weighted by Crippen LogP contribution is 2.44. The third-order valence-electron chi connectivity index (χ3n) is 8.38. The van der Waals surface area contributed by atoms with E-state index in [1.807, 2.05) is 29.2 Å². The molecule has 0 bridgehead atoms. The summed E-state index contributed by atoms with van der Waals surface area (Å²) < 4.78 is 53.5. The van der Waals surface area contributed by atoms with Crippen molar-refractivity contribution in [3.63, 3.8) is 0 Å². The number of amides is 1. The molecule has 3 aromatic rings. The number of anilines is 1. The summed E-state index contributed by atoms with van der Waals surface area (Å²) in [5, 5.41) is 17.2. The van der Waals surface area contributed by atoms with Crippen LogP contribution < -0.4 is 10.2 Å². The highest BCUT2D eigenvalue weighted by Gasteiger charge is 2.48. The van der Waals surface area contributed by atoms with Crippen molar-refractivity contribution in [3.8, 4) is 23.0 Å². The number of rotatable bonds is 6. The lowest BCUT2D eigenvalue weighted by atomic mass is 9.74. The maximum Gasteiger partial charge on any atom is 0.225 e. The minimum Gasteiger partial charge on any atom is -0.369 e. The zero-order valence-corrected chi connectivity index (χ0v) is 23.2. The summed E-state index contributed by atoms with van der Waals surface area (Å²) in [5.41, 5.74) is 2.21. The van der Waals surface area contributed by atoms with E-state index in [4.69, 9.17) is 5.10 Å². The summed E-state index contributed by atoms with van der Waals surface area (Å²) in [6.45, 7) is 0.850. The van der Waals surface area contributed by atoms with E-state index in [-0.39, 0.29) is 30.3 Å². The van der Waals surface area contributed by atoms with Crippen molar-refractivity contribution in [1.82, 2.24) is 20.1 Å². The minimum absolute atomic E-state index is 0.0376. The molecule has 3 atom stereocenters. The number of aromatic nitrogens is 3. The van der Waals surface area contributed by atoms with E-state index in [2.05, 4.69) is 16.4 Å². The molecule has 0 radical (unpaired) electrons. The fourth-order valence-electron chi connectivity index (χ4n) is 5.78. The maximum absolute atomic E-state index is 14.7. The maximum atomic E-state index is 14.7. The average Bonchev–Trinajstić information content (AvgIpc) is 3.60. The largest absolute Gasteiger partial charge is 0.369 e. The fraction of sp³-hybridized carbons (Fsp3) is 0.448. The molecule has 6 rings (SSSR count). The van der Waals surface area contributed by atoms with Gasteiger partial charge in [-0.25, -0.2) is 26.9 Å². The first kappa shape index (κ1) is 27.3. The van der Waals surface area contributed by atoms with Crippen molar-refractivity contribution in [1.29, 1.82) is 5.26 Å². The van der Waals surface area contributed by atoms with Gasteiger partial charge in [-0.05, 0) is 61.9 Å². The number of sulfone groups is 1. The van der Waals surface area contributed by atoms with Crippen LogP contribution in [0.5, 0.6) is 0 Å². The standard InChI is InChI=1S/C29H30F2N6O3S/c30-20-3-7-23(24(15-20)28(38)34-29(18-32)9-10-29)27-25(17-37(35-27)26-8-4-21(31)16-33-26)19-1-5-22(6-2-19)36-11-13-41(39,40)14-12-36/h1-2,4-6,8,16-17,20,23-24H,3,7,9-15H2,(H,34,38)/t20?,23?,24-/m0/s1. The number of carbonyl (C=O) groups is 1. The van der Waals surface area contributed by atoms with Crippen LogP contribution in [0.2, 0.25) is 0 Å². The van der Waals surface area contributed by atoms with Gasteiger partial charge in [0.05, 0.1) is 29.5 Å². The molecule has 3 fully saturated rings. The van der Waals surface area contributed by atoms with Crippen LogP contribution in [0.1, 0.15) is 43.7 Å². The summed E-state index contributed by atoms with van der Waals surface area (Å²) in [7, 11) is -3.00. The topological polar surface area (TPSA) is 121 Å². The van der Waals surface area contributed by atoms with Crippen molar-refractivity contribution in [3.05, 3.63) is 60.3 Å². The van der Waals surface area contributed by atoms with Crippen LogP contribution in [0.4, 0.5) is 14.5 Å². The zero-order valence-electron chi connectivity index (χ0n) is 22.3. The normalized spacial score (nSPS) is 24.8. The Labute approximate surface area is 237 Å². The van der Waals surface area contributed by atoms with Crippen LogP contribution >= 0.6 is 0 Å². The lowest BCUT2D eigenvalue weighted by Crippen LogP contribution is -2.44. The number of hydrogen-bond acceptors (Lipinski definition) is 7. The Kier molecular flexibility index (Phi) is 7.01. The van der Waals surface area contributed by atoms with Crippen LogP contribution in [0, 0.1) is 23.1 Å². The van der Waals surface area contributed by atoms with Gasteiger partial charge in [0.2, 0.25) is 5.91 Å². The quantitative estimate of drug-likeness (QED) is 0.472. The number of hydrogen-bond donors (Lipinski definition) is 1. The molecule has 214 valence electrons. The summed E-state index contributed by atoms with van der Waals surface area (Å²) in [6, 6.07) is 12.7. The smallest absolute Gasteiger partial charge is 0.225 e. The molecule has 1 amide bonds. The molecular weight excluding hydrogens is 550 g/mol. The van der Waals surface area contributed by atoms with E-state index in [1.165, 1.54) is 12.1 Å². The molecule has 1 aliphatic heterocycles. The summed E-state index contributed by atoms with van der Waals surface area (Å²) in [4.78, 5) is 19.6. The van der Waals surface area contributed by atoms with E-state index in [1.54, 1.807) is 10.9 Å². The van der Waals surface area contributed by atoms with E-state index in [0.29, 0.717) is 43.9 Å². The predicted octanol–water partition coefficient (Wildman–Crippen LogP) is 3.70. The highest BCUT2D eigenvalue weighted by molar-refractivity contribution is 7.91.